The van der Waals surface area contributed by atoms with E-state index in [1.54, 1.807) is 7.11 Å². The molecular formula is C19H25FN4O. The van der Waals surface area contributed by atoms with Gasteiger partial charge in [0.25, 0.3) is 0 Å². The molecule has 134 valence electrons. The van der Waals surface area contributed by atoms with Gasteiger partial charge >= 0.3 is 0 Å². The minimum absolute atomic E-state index is 0.159. The van der Waals surface area contributed by atoms with E-state index in [0.29, 0.717) is 18.3 Å². The molecule has 2 heterocycles. The molecule has 1 aromatic heterocycles. The highest BCUT2D eigenvalue weighted by molar-refractivity contribution is 5.35. The molecule has 2 aromatic rings. The molecule has 1 aliphatic heterocycles. The summed E-state index contributed by atoms with van der Waals surface area (Å²) >= 11 is 0. The average Bonchev–Trinajstić information content (AvgIpc) is 3.05. The fourth-order valence-electron chi connectivity index (χ4n) is 3.35. The molecule has 3 rings (SSSR count). The molecule has 5 nitrogen and oxygen atoms in total. The van der Waals surface area contributed by atoms with E-state index >= 15 is 0 Å². The molecular weight excluding hydrogens is 319 g/mol. The summed E-state index contributed by atoms with van der Waals surface area (Å²) < 4.78 is 18.6. The van der Waals surface area contributed by atoms with Gasteiger partial charge in [0, 0.05) is 36.8 Å². The number of hydrogen-bond acceptors (Lipinski definition) is 5. The first-order valence-electron chi connectivity index (χ1n) is 8.54. The molecule has 1 aromatic carbocycles. The number of halogens is 1. The van der Waals surface area contributed by atoms with Crippen molar-refractivity contribution >= 4 is 0 Å². The summed E-state index contributed by atoms with van der Waals surface area (Å²) in [7, 11) is 1.65. The van der Waals surface area contributed by atoms with E-state index in [1.807, 2.05) is 19.1 Å². The number of rotatable bonds is 6. The molecule has 3 N–H and O–H groups in total. The Balaban J connectivity index is 1.63. The largest absolute Gasteiger partial charge is 0.481 e. The molecule has 1 fully saturated rings. The maximum absolute atomic E-state index is 13.1. The quantitative estimate of drug-likeness (QED) is 0.751. The number of nitrogens with zero attached hydrogens (tertiary/aromatic N) is 1. The van der Waals surface area contributed by atoms with E-state index in [-0.39, 0.29) is 11.9 Å². The van der Waals surface area contributed by atoms with Crippen LogP contribution in [0.1, 0.15) is 28.4 Å². The predicted molar refractivity (Wildman–Crippen MR) is 95.7 cm³/mol. The van der Waals surface area contributed by atoms with Gasteiger partial charge in [-0.1, -0.05) is 12.1 Å². The summed E-state index contributed by atoms with van der Waals surface area (Å²) in [5.41, 5.74) is 10.8. The molecule has 6 heteroatoms. The van der Waals surface area contributed by atoms with Crippen LogP contribution in [-0.4, -0.2) is 25.2 Å². The second kappa shape index (κ2) is 7.91. The summed E-state index contributed by atoms with van der Waals surface area (Å²) in [6.45, 7) is 6.44. The zero-order valence-corrected chi connectivity index (χ0v) is 14.9. The zero-order valence-electron chi connectivity index (χ0n) is 14.9. The molecule has 0 saturated carbocycles. The van der Waals surface area contributed by atoms with Crippen molar-refractivity contribution in [3.05, 3.63) is 58.5 Å². The second-order valence-electron chi connectivity index (χ2n) is 6.51. The molecule has 25 heavy (non-hydrogen) atoms. The lowest BCUT2D eigenvalue weighted by Gasteiger charge is -2.20. The third kappa shape index (κ3) is 4.15. The van der Waals surface area contributed by atoms with Crippen molar-refractivity contribution in [1.29, 1.82) is 0 Å². The van der Waals surface area contributed by atoms with Crippen molar-refractivity contribution in [2.75, 3.05) is 20.2 Å². The first-order valence-corrected chi connectivity index (χ1v) is 8.54. The number of nitrogens with one attached hydrogen (secondary N) is 3. The first kappa shape index (κ1) is 17.8. The van der Waals surface area contributed by atoms with Crippen molar-refractivity contribution in [3.8, 4) is 5.88 Å². The Morgan fingerprint density at radius 3 is 2.76 bits per heavy atom. The third-order valence-corrected chi connectivity index (χ3v) is 4.66. The Morgan fingerprint density at radius 2 is 2.04 bits per heavy atom. The molecule has 0 amide bonds. The fourth-order valence-corrected chi connectivity index (χ4v) is 3.35. The molecule has 1 aliphatic rings. The van der Waals surface area contributed by atoms with Gasteiger partial charge in [0.1, 0.15) is 5.82 Å². The smallest absolute Gasteiger partial charge is 0.218 e. The molecule has 2 unspecified atom stereocenters. The van der Waals surface area contributed by atoms with Crippen molar-refractivity contribution < 1.29 is 9.13 Å². The Labute approximate surface area is 148 Å². The molecule has 0 radical (unpaired) electrons. The van der Waals surface area contributed by atoms with Gasteiger partial charge < -0.3 is 10.1 Å². The van der Waals surface area contributed by atoms with E-state index in [2.05, 4.69) is 34.1 Å². The average molecular weight is 344 g/mol. The number of hydrazine groups is 1. The number of ether oxygens (including phenoxy) is 1. The molecule has 0 bridgehead atoms. The van der Waals surface area contributed by atoms with Gasteiger partial charge in [-0.2, -0.15) is 0 Å². The SMILES string of the molecule is COc1nc(C)cc(C)c1CNCC1CNNC1c1ccc(F)cc1. The summed E-state index contributed by atoms with van der Waals surface area (Å²) in [6, 6.07) is 8.92. The number of aryl methyl sites for hydroxylation is 2. The minimum atomic E-state index is -0.209. The van der Waals surface area contributed by atoms with E-state index < -0.39 is 0 Å². The van der Waals surface area contributed by atoms with Crippen LogP contribution in [0.25, 0.3) is 0 Å². The van der Waals surface area contributed by atoms with Crippen LogP contribution in [0.2, 0.25) is 0 Å². The van der Waals surface area contributed by atoms with Gasteiger partial charge in [-0.25, -0.2) is 14.8 Å². The van der Waals surface area contributed by atoms with Crippen LogP contribution in [0.15, 0.2) is 30.3 Å². The van der Waals surface area contributed by atoms with Crippen LogP contribution in [0, 0.1) is 25.6 Å². The minimum Gasteiger partial charge on any atom is -0.481 e. The Kier molecular flexibility index (Phi) is 5.63. The van der Waals surface area contributed by atoms with Crippen LogP contribution < -0.4 is 20.9 Å². The normalized spacial score (nSPS) is 20.0. The summed E-state index contributed by atoms with van der Waals surface area (Å²) in [5, 5.41) is 3.52. The molecule has 0 spiro atoms. The van der Waals surface area contributed by atoms with E-state index in [0.717, 1.165) is 29.9 Å². The lowest BCUT2D eigenvalue weighted by Crippen LogP contribution is -2.29. The van der Waals surface area contributed by atoms with Crippen molar-refractivity contribution in [2.45, 2.75) is 26.4 Å². The van der Waals surface area contributed by atoms with Gasteiger partial charge in [-0.3, -0.25) is 5.43 Å². The van der Waals surface area contributed by atoms with Crippen molar-refractivity contribution in [3.63, 3.8) is 0 Å². The number of methoxy groups -OCH3 is 1. The number of aromatic nitrogens is 1. The Morgan fingerprint density at radius 1 is 1.28 bits per heavy atom. The maximum Gasteiger partial charge on any atom is 0.218 e. The number of pyridine rings is 1. The van der Waals surface area contributed by atoms with Gasteiger partial charge in [0.05, 0.1) is 13.2 Å². The highest BCUT2D eigenvalue weighted by Crippen LogP contribution is 2.25. The van der Waals surface area contributed by atoms with Crippen LogP contribution in [-0.2, 0) is 6.54 Å². The monoisotopic (exact) mass is 344 g/mol. The van der Waals surface area contributed by atoms with Crippen LogP contribution >= 0.6 is 0 Å². The lowest BCUT2D eigenvalue weighted by atomic mass is 9.95. The summed E-state index contributed by atoms with van der Waals surface area (Å²) in [5.74, 6) is 0.844. The predicted octanol–water partition coefficient (Wildman–Crippen LogP) is 2.40. The van der Waals surface area contributed by atoms with E-state index in [1.165, 1.54) is 17.7 Å². The Bertz CT molecular complexity index is 720. The number of benzene rings is 1. The van der Waals surface area contributed by atoms with Crippen LogP contribution in [0.5, 0.6) is 5.88 Å². The van der Waals surface area contributed by atoms with Gasteiger partial charge in [-0.05, 0) is 43.2 Å². The Hall–Kier alpha value is -2.02. The van der Waals surface area contributed by atoms with Gasteiger partial charge in [-0.15, -0.1) is 0 Å². The van der Waals surface area contributed by atoms with E-state index in [4.69, 9.17) is 4.74 Å². The topological polar surface area (TPSA) is 58.2 Å². The van der Waals surface area contributed by atoms with Gasteiger partial charge in [0.15, 0.2) is 0 Å². The standard InChI is InChI=1S/C19H25FN4O/c1-12-8-13(2)23-19(25-3)17(12)11-21-9-15-10-22-24-18(15)14-4-6-16(20)7-5-14/h4-8,15,18,21-22,24H,9-11H2,1-3H3. The maximum atomic E-state index is 13.1. The summed E-state index contributed by atoms with van der Waals surface area (Å²) in [4.78, 5) is 4.45. The first-order chi connectivity index (χ1) is 12.1. The fraction of sp³-hybridized carbons (Fsp3) is 0.421. The highest BCUT2D eigenvalue weighted by atomic mass is 19.1. The van der Waals surface area contributed by atoms with Crippen molar-refractivity contribution in [1.82, 2.24) is 21.2 Å². The molecule has 2 atom stereocenters. The number of hydrogen-bond donors (Lipinski definition) is 3. The lowest BCUT2D eigenvalue weighted by molar-refractivity contribution is 0.385. The zero-order chi connectivity index (χ0) is 17.8. The highest BCUT2D eigenvalue weighted by Gasteiger charge is 2.27. The van der Waals surface area contributed by atoms with Crippen LogP contribution in [0.3, 0.4) is 0 Å². The van der Waals surface area contributed by atoms with Gasteiger partial charge in [0.2, 0.25) is 5.88 Å². The summed E-state index contributed by atoms with van der Waals surface area (Å²) in [6.07, 6.45) is 0. The third-order valence-electron chi connectivity index (χ3n) is 4.66. The second-order valence-corrected chi connectivity index (χ2v) is 6.51. The molecule has 1 saturated heterocycles. The van der Waals surface area contributed by atoms with Crippen molar-refractivity contribution in [2.24, 2.45) is 5.92 Å². The molecule has 0 aliphatic carbocycles. The van der Waals surface area contributed by atoms with E-state index in [9.17, 15) is 4.39 Å². The van der Waals surface area contributed by atoms with Crippen LogP contribution in [0.4, 0.5) is 4.39 Å².